The summed E-state index contributed by atoms with van der Waals surface area (Å²) in [5.74, 6) is 1.52. The Balaban J connectivity index is 1.45. The molecule has 0 aliphatic carbocycles. The van der Waals surface area contributed by atoms with E-state index in [1.54, 1.807) is 29.2 Å². The van der Waals surface area contributed by atoms with E-state index < -0.39 is 4.92 Å². The molecule has 1 amide bonds. The summed E-state index contributed by atoms with van der Waals surface area (Å²) >= 11 is 1.39. The maximum atomic E-state index is 12.9. The Morgan fingerprint density at radius 2 is 2.07 bits per heavy atom. The normalized spacial score (nSPS) is 15.0. The topological polar surface area (TPSA) is 94.3 Å². The maximum absolute atomic E-state index is 12.9. The van der Waals surface area contributed by atoms with Crippen LogP contribution in [0, 0.1) is 10.1 Å². The van der Waals surface area contributed by atoms with E-state index in [0.717, 1.165) is 5.56 Å². The number of amidine groups is 1. The number of nitro groups is 1. The molecular weight excluding hydrogens is 370 g/mol. The number of benzene rings is 2. The van der Waals surface area contributed by atoms with Gasteiger partial charge in [0.25, 0.3) is 11.6 Å². The van der Waals surface area contributed by atoms with Crippen LogP contribution in [0.25, 0.3) is 0 Å². The fraction of sp³-hybridized carbons (Fsp3) is 0.222. The average Bonchev–Trinajstić information content (AvgIpc) is 3.34. The summed E-state index contributed by atoms with van der Waals surface area (Å²) in [5.41, 5.74) is 1.36. The Morgan fingerprint density at radius 1 is 1.22 bits per heavy atom. The zero-order chi connectivity index (χ0) is 18.8. The first-order chi connectivity index (χ1) is 13.1. The Morgan fingerprint density at radius 3 is 2.93 bits per heavy atom. The lowest BCUT2D eigenvalue weighted by molar-refractivity contribution is -0.384. The number of carbonyl (C=O) groups excluding carboxylic acids is 1. The summed E-state index contributed by atoms with van der Waals surface area (Å²) in [5, 5.41) is 11.5. The third-order valence-corrected chi connectivity index (χ3v) is 5.24. The molecule has 0 unspecified atom stereocenters. The average molecular weight is 385 g/mol. The van der Waals surface area contributed by atoms with Crippen LogP contribution in [0.3, 0.4) is 0 Å². The van der Waals surface area contributed by atoms with Gasteiger partial charge in [-0.15, -0.1) is 0 Å². The van der Waals surface area contributed by atoms with Crippen molar-refractivity contribution in [2.45, 2.75) is 5.75 Å². The van der Waals surface area contributed by atoms with Gasteiger partial charge in [-0.2, -0.15) is 0 Å². The molecule has 9 heteroatoms. The standard InChI is InChI=1S/C18H15N3O5S/c22-17(13-4-5-15-16(9-13)26-11-25-15)20-7-6-19-18(20)27-10-12-2-1-3-14(8-12)21(23)24/h1-5,8-9H,6-7,10-11H2. The minimum atomic E-state index is -0.420. The quantitative estimate of drug-likeness (QED) is 0.593. The molecule has 2 aliphatic heterocycles. The lowest BCUT2D eigenvalue weighted by Gasteiger charge is -2.18. The Hall–Kier alpha value is -3.07. The number of carbonyl (C=O) groups is 1. The minimum Gasteiger partial charge on any atom is -0.454 e. The predicted molar refractivity (Wildman–Crippen MR) is 100 cm³/mol. The first-order valence-electron chi connectivity index (χ1n) is 8.24. The highest BCUT2D eigenvalue weighted by atomic mass is 32.2. The summed E-state index contributed by atoms with van der Waals surface area (Å²) in [6, 6.07) is 11.6. The predicted octanol–water partition coefficient (Wildman–Crippen LogP) is 3.07. The van der Waals surface area contributed by atoms with Crippen LogP contribution in [0.2, 0.25) is 0 Å². The lowest BCUT2D eigenvalue weighted by Crippen LogP contribution is -2.32. The van der Waals surface area contributed by atoms with Crippen molar-refractivity contribution in [2.75, 3.05) is 19.9 Å². The van der Waals surface area contributed by atoms with Crippen molar-refractivity contribution in [3.8, 4) is 11.5 Å². The molecule has 2 aromatic carbocycles. The molecule has 27 heavy (non-hydrogen) atoms. The van der Waals surface area contributed by atoms with Gasteiger partial charge in [0.05, 0.1) is 11.5 Å². The third-order valence-electron chi connectivity index (χ3n) is 4.16. The van der Waals surface area contributed by atoms with Crippen LogP contribution in [0.15, 0.2) is 47.5 Å². The fourth-order valence-corrected chi connectivity index (χ4v) is 3.82. The monoisotopic (exact) mass is 385 g/mol. The number of fused-ring (bicyclic) bond motifs is 1. The molecule has 138 valence electrons. The number of hydrogen-bond acceptors (Lipinski definition) is 7. The number of aliphatic imine (C=N–C) groups is 1. The summed E-state index contributed by atoms with van der Waals surface area (Å²) in [6.45, 7) is 1.20. The number of rotatable bonds is 4. The molecule has 2 heterocycles. The third kappa shape index (κ3) is 3.59. The lowest BCUT2D eigenvalue weighted by atomic mass is 10.2. The molecule has 0 atom stereocenters. The minimum absolute atomic E-state index is 0.0507. The zero-order valence-electron chi connectivity index (χ0n) is 14.2. The largest absolute Gasteiger partial charge is 0.454 e. The molecule has 0 N–H and O–H groups in total. The molecule has 2 aromatic rings. The second-order valence-corrected chi connectivity index (χ2v) is 6.85. The van der Waals surface area contributed by atoms with Crippen molar-refractivity contribution in [1.29, 1.82) is 0 Å². The van der Waals surface area contributed by atoms with Crippen molar-refractivity contribution in [3.05, 3.63) is 63.7 Å². The van der Waals surface area contributed by atoms with Gasteiger partial charge in [0.15, 0.2) is 16.7 Å². The van der Waals surface area contributed by atoms with Crippen LogP contribution in [0.5, 0.6) is 11.5 Å². The Bertz CT molecular complexity index is 946. The molecular formula is C18H15N3O5S. The number of amides is 1. The second kappa shape index (κ2) is 7.28. The first-order valence-corrected chi connectivity index (χ1v) is 9.22. The van der Waals surface area contributed by atoms with E-state index >= 15 is 0 Å². The van der Waals surface area contributed by atoms with E-state index in [4.69, 9.17) is 9.47 Å². The molecule has 0 spiro atoms. The van der Waals surface area contributed by atoms with Gasteiger partial charge in [0, 0.05) is 30.0 Å². The smallest absolute Gasteiger partial charge is 0.269 e. The van der Waals surface area contributed by atoms with Crippen molar-refractivity contribution < 1.29 is 19.2 Å². The zero-order valence-corrected chi connectivity index (χ0v) is 15.0. The highest BCUT2D eigenvalue weighted by Gasteiger charge is 2.26. The molecule has 0 fully saturated rings. The second-order valence-electron chi connectivity index (χ2n) is 5.90. The summed E-state index contributed by atoms with van der Waals surface area (Å²) in [7, 11) is 0. The number of non-ortho nitro benzene ring substituents is 1. The Labute approximate surface area is 158 Å². The van der Waals surface area contributed by atoms with Crippen LogP contribution in [-0.4, -0.2) is 40.8 Å². The van der Waals surface area contributed by atoms with E-state index in [-0.39, 0.29) is 18.4 Å². The van der Waals surface area contributed by atoms with Crippen LogP contribution < -0.4 is 9.47 Å². The summed E-state index contributed by atoms with van der Waals surface area (Å²) < 4.78 is 10.6. The molecule has 0 radical (unpaired) electrons. The first kappa shape index (κ1) is 17.3. The number of nitro benzene ring substituents is 1. The van der Waals surface area contributed by atoms with E-state index in [9.17, 15) is 14.9 Å². The molecule has 8 nitrogen and oxygen atoms in total. The fourth-order valence-electron chi connectivity index (χ4n) is 2.83. The molecule has 0 saturated heterocycles. The van der Waals surface area contributed by atoms with Crippen LogP contribution in [0.4, 0.5) is 5.69 Å². The SMILES string of the molecule is O=C(c1ccc2c(c1)OCO2)N1CCN=C1SCc1cccc([N+](=O)[O-])c1. The van der Waals surface area contributed by atoms with E-state index in [2.05, 4.69) is 4.99 Å². The molecule has 2 aliphatic rings. The highest BCUT2D eigenvalue weighted by Crippen LogP contribution is 2.33. The van der Waals surface area contributed by atoms with E-state index in [0.29, 0.717) is 41.1 Å². The summed E-state index contributed by atoms with van der Waals surface area (Å²) in [6.07, 6.45) is 0. The molecule has 0 bridgehead atoms. The summed E-state index contributed by atoms with van der Waals surface area (Å²) in [4.78, 5) is 29.4. The van der Waals surface area contributed by atoms with Gasteiger partial charge in [-0.05, 0) is 23.8 Å². The van der Waals surface area contributed by atoms with E-state index in [1.165, 1.54) is 23.9 Å². The van der Waals surface area contributed by atoms with Crippen molar-refractivity contribution in [3.63, 3.8) is 0 Å². The van der Waals surface area contributed by atoms with Crippen LogP contribution in [-0.2, 0) is 5.75 Å². The number of nitrogens with zero attached hydrogens (tertiary/aromatic N) is 3. The Kier molecular flexibility index (Phi) is 4.68. The van der Waals surface area contributed by atoms with Gasteiger partial charge >= 0.3 is 0 Å². The highest BCUT2D eigenvalue weighted by molar-refractivity contribution is 8.13. The van der Waals surface area contributed by atoms with Crippen molar-refractivity contribution in [2.24, 2.45) is 4.99 Å². The van der Waals surface area contributed by atoms with Gasteiger partial charge in [0.1, 0.15) is 0 Å². The van der Waals surface area contributed by atoms with Crippen LogP contribution >= 0.6 is 11.8 Å². The number of ether oxygens (including phenoxy) is 2. The van der Waals surface area contributed by atoms with Crippen LogP contribution in [0.1, 0.15) is 15.9 Å². The maximum Gasteiger partial charge on any atom is 0.269 e. The van der Waals surface area contributed by atoms with Gasteiger partial charge in [-0.1, -0.05) is 23.9 Å². The number of thioether (sulfide) groups is 1. The van der Waals surface area contributed by atoms with Crippen molar-refractivity contribution in [1.82, 2.24) is 4.90 Å². The molecule has 4 rings (SSSR count). The van der Waals surface area contributed by atoms with Gasteiger partial charge < -0.3 is 9.47 Å². The van der Waals surface area contributed by atoms with Gasteiger partial charge in [-0.3, -0.25) is 24.8 Å². The van der Waals surface area contributed by atoms with E-state index in [1.807, 2.05) is 6.07 Å². The molecule has 0 saturated carbocycles. The molecule has 0 aromatic heterocycles. The van der Waals surface area contributed by atoms with Crippen molar-refractivity contribution >= 4 is 28.5 Å². The number of hydrogen-bond donors (Lipinski definition) is 0. The van der Waals surface area contributed by atoms with Gasteiger partial charge in [0.2, 0.25) is 6.79 Å². The van der Waals surface area contributed by atoms with Gasteiger partial charge in [-0.25, -0.2) is 0 Å².